The fourth-order valence-electron chi connectivity index (χ4n) is 3.88. The fraction of sp³-hybridized carbons (Fsp3) is 0.400. The van der Waals surface area contributed by atoms with Crippen molar-refractivity contribution >= 4 is 17.6 Å². The SMILES string of the molecule is CN(c1cccnn1)C1CCN(C(=O)CN2Cc3ccccc3C2=O)CC1. The summed E-state index contributed by atoms with van der Waals surface area (Å²) in [6, 6.07) is 11.7. The first-order valence-electron chi connectivity index (χ1n) is 9.29. The average Bonchev–Trinajstić information content (AvgIpc) is 3.04. The summed E-state index contributed by atoms with van der Waals surface area (Å²) in [5.41, 5.74) is 1.72. The van der Waals surface area contributed by atoms with Crippen molar-refractivity contribution in [3.63, 3.8) is 0 Å². The van der Waals surface area contributed by atoms with Crippen molar-refractivity contribution < 1.29 is 9.59 Å². The van der Waals surface area contributed by atoms with E-state index in [0.29, 0.717) is 25.7 Å². The van der Waals surface area contributed by atoms with Crippen molar-refractivity contribution in [2.45, 2.75) is 25.4 Å². The van der Waals surface area contributed by atoms with E-state index >= 15 is 0 Å². The zero-order chi connectivity index (χ0) is 18.8. The molecule has 2 aromatic rings. The van der Waals surface area contributed by atoms with Crippen LogP contribution < -0.4 is 4.90 Å². The Kier molecular flexibility index (Phi) is 4.75. The van der Waals surface area contributed by atoms with E-state index in [9.17, 15) is 9.59 Å². The molecule has 27 heavy (non-hydrogen) atoms. The second-order valence-corrected chi connectivity index (χ2v) is 7.12. The molecule has 7 heteroatoms. The van der Waals surface area contributed by atoms with Crippen molar-refractivity contribution in [1.29, 1.82) is 0 Å². The van der Waals surface area contributed by atoms with Gasteiger partial charge in [-0.25, -0.2) is 0 Å². The van der Waals surface area contributed by atoms with Gasteiger partial charge in [0, 0.05) is 44.5 Å². The summed E-state index contributed by atoms with van der Waals surface area (Å²) in [6.07, 6.45) is 3.43. The van der Waals surface area contributed by atoms with E-state index < -0.39 is 0 Å². The summed E-state index contributed by atoms with van der Waals surface area (Å²) in [5, 5.41) is 8.09. The molecule has 0 unspecified atom stereocenters. The fourth-order valence-corrected chi connectivity index (χ4v) is 3.88. The number of hydrogen-bond acceptors (Lipinski definition) is 5. The lowest BCUT2D eigenvalue weighted by Crippen LogP contribution is -2.48. The Balaban J connectivity index is 1.31. The summed E-state index contributed by atoms with van der Waals surface area (Å²) < 4.78 is 0. The molecular weight excluding hydrogens is 342 g/mol. The summed E-state index contributed by atoms with van der Waals surface area (Å²) in [5.74, 6) is 0.829. The van der Waals surface area contributed by atoms with Crippen LogP contribution in [0.3, 0.4) is 0 Å². The molecule has 1 saturated heterocycles. The molecule has 3 heterocycles. The Morgan fingerprint density at radius 3 is 2.67 bits per heavy atom. The second kappa shape index (κ2) is 7.34. The Bertz CT molecular complexity index is 833. The molecule has 1 aromatic heterocycles. The minimum absolute atomic E-state index is 0.0248. The first-order chi connectivity index (χ1) is 13.1. The molecule has 4 rings (SSSR count). The lowest BCUT2D eigenvalue weighted by Gasteiger charge is -2.37. The van der Waals surface area contributed by atoms with Crippen LogP contribution in [0.1, 0.15) is 28.8 Å². The Hall–Kier alpha value is -2.96. The molecule has 140 valence electrons. The van der Waals surface area contributed by atoms with Gasteiger partial charge in [0.05, 0.1) is 0 Å². The first kappa shape index (κ1) is 17.5. The van der Waals surface area contributed by atoms with Crippen LogP contribution in [0.5, 0.6) is 0 Å². The number of fused-ring (bicyclic) bond motifs is 1. The normalized spacial score (nSPS) is 17.1. The van der Waals surface area contributed by atoms with Gasteiger partial charge in [-0.3, -0.25) is 9.59 Å². The third kappa shape index (κ3) is 3.49. The monoisotopic (exact) mass is 365 g/mol. The predicted octanol–water partition coefficient (Wildman–Crippen LogP) is 1.56. The van der Waals surface area contributed by atoms with Crippen LogP contribution in [0.25, 0.3) is 0 Å². The van der Waals surface area contributed by atoms with E-state index in [0.717, 1.165) is 29.8 Å². The molecule has 0 N–H and O–H groups in total. The van der Waals surface area contributed by atoms with E-state index in [1.807, 2.05) is 48.3 Å². The predicted molar refractivity (Wildman–Crippen MR) is 101 cm³/mol. The van der Waals surface area contributed by atoms with Crippen molar-refractivity contribution in [1.82, 2.24) is 20.0 Å². The van der Waals surface area contributed by atoms with Gasteiger partial charge >= 0.3 is 0 Å². The molecule has 1 fully saturated rings. The van der Waals surface area contributed by atoms with Crippen LogP contribution >= 0.6 is 0 Å². The highest BCUT2D eigenvalue weighted by molar-refractivity contribution is 6.00. The maximum atomic E-state index is 12.7. The maximum absolute atomic E-state index is 12.7. The average molecular weight is 365 g/mol. The highest BCUT2D eigenvalue weighted by atomic mass is 16.2. The molecule has 0 aliphatic carbocycles. The number of carbonyl (C=O) groups is 2. The van der Waals surface area contributed by atoms with E-state index in [2.05, 4.69) is 15.1 Å². The molecule has 7 nitrogen and oxygen atoms in total. The number of nitrogens with zero attached hydrogens (tertiary/aromatic N) is 5. The van der Waals surface area contributed by atoms with Gasteiger partial charge in [0.25, 0.3) is 5.91 Å². The molecule has 2 aliphatic rings. The van der Waals surface area contributed by atoms with Gasteiger partial charge in [0.1, 0.15) is 6.54 Å². The van der Waals surface area contributed by atoms with Crippen LogP contribution in [0.15, 0.2) is 42.6 Å². The van der Waals surface area contributed by atoms with Gasteiger partial charge in [-0.15, -0.1) is 5.10 Å². The zero-order valence-electron chi connectivity index (χ0n) is 15.4. The number of rotatable bonds is 4. The van der Waals surface area contributed by atoms with Crippen molar-refractivity contribution in [2.24, 2.45) is 0 Å². The maximum Gasteiger partial charge on any atom is 0.254 e. The molecule has 2 aliphatic heterocycles. The van der Waals surface area contributed by atoms with E-state index in [4.69, 9.17) is 0 Å². The van der Waals surface area contributed by atoms with Crippen LogP contribution in [0.4, 0.5) is 5.82 Å². The molecule has 2 amide bonds. The topological polar surface area (TPSA) is 69.6 Å². The Labute approximate surface area is 158 Å². The van der Waals surface area contributed by atoms with Gasteiger partial charge in [-0.2, -0.15) is 5.10 Å². The lowest BCUT2D eigenvalue weighted by atomic mass is 10.0. The van der Waals surface area contributed by atoms with Crippen LogP contribution in [0.2, 0.25) is 0 Å². The number of piperidine rings is 1. The minimum Gasteiger partial charge on any atom is -0.355 e. The number of hydrogen-bond donors (Lipinski definition) is 0. The summed E-state index contributed by atoms with van der Waals surface area (Å²) in [6.45, 7) is 2.07. The van der Waals surface area contributed by atoms with E-state index in [1.54, 1.807) is 11.1 Å². The van der Waals surface area contributed by atoms with Crippen LogP contribution in [-0.4, -0.2) is 64.5 Å². The minimum atomic E-state index is -0.0452. The second-order valence-electron chi connectivity index (χ2n) is 7.12. The van der Waals surface area contributed by atoms with Gasteiger partial charge in [-0.1, -0.05) is 18.2 Å². The molecular formula is C20H23N5O2. The third-order valence-electron chi connectivity index (χ3n) is 5.51. The summed E-state index contributed by atoms with van der Waals surface area (Å²) in [4.78, 5) is 30.8. The zero-order valence-corrected chi connectivity index (χ0v) is 15.4. The molecule has 0 spiro atoms. The lowest BCUT2D eigenvalue weighted by molar-refractivity contribution is -0.133. The molecule has 1 aromatic carbocycles. The van der Waals surface area contributed by atoms with Gasteiger partial charge in [0.15, 0.2) is 5.82 Å². The third-order valence-corrected chi connectivity index (χ3v) is 5.51. The smallest absolute Gasteiger partial charge is 0.254 e. The molecule has 0 radical (unpaired) electrons. The van der Waals surface area contributed by atoms with Gasteiger partial charge in [0.2, 0.25) is 5.91 Å². The quantitative estimate of drug-likeness (QED) is 0.822. The number of anilines is 1. The van der Waals surface area contributed by atoms with Crippen molar-refractivity contribution in [3.05, 3.63) is 53.7 Å². The van der Waals surface area contributed by atoms with Gasteiger partial charge < -0.3 is 14.7 Å². The molecule has 0 atom stereocenters. The standard InChI is InChI=1S/C20H23N5O2/c1-23(18-7-4-10-21-22-18)16-8-11-24(12-9-16)19(26)14-25-13-15-5-2-3-6-17(15)20(25)27/h2-7,10,16H,8-9,11-14H2,1H3. The Morgan fingerprint density at radius 2 is 1.96 bits per heavy atom. The number of benzene rings is 1. The largest absolute Gasteiger partial charge is 0.355 e. The van der Waals surface area contributed by atoms with Gasteiger partial charge in [-0.05, 0) is 36.6 Å². The number of amides is 2. The Morgan fingerprint density at radius 1 is 1.19 bits per heavy atom. The molecule has 0 saturated carbocycles. The van der Waals surface area contributed by atoms with Crippen molar-refractivity contribution in [3.8, 4) is 0 Å². The molecule has 0 bridgehead atoms. The van der Waals surface area contributed by atoms with E-state index in [1.165, 1.54) is 0 Å². The highest BCUT2D eigenvalue weighted by Gasteiger charge is 2.31. The van der Waals surface area contributed by atoms with Crippen LogP contribution in [0, 0.1) is 0 Å². The highest BCUT2D eigenvalue weighted by Crippen LogP contribution is 2.23. The first-order valence-corrected chi connectivity index (χ1v) is 9.29. The summed E-state index contributed by atoms with van der Waals surface area (Å²) >= 11 is 0. The number of carbonyl (C=O) groups excluding carboxylic acids is 2. The van der Waals surface area contributed by atoms with Crippen molar-refractivity contribution in [2.75, 3.05) is 31.6 Å². The summed E-state index contributed by atoms with van der Waals surface area (Å²) in [7, 11) is 2.02. The van der Waals surface area contributed by atoms with E-state index in [-0.39, 0.29) is 18.4 Å². The number of aromatic nitrogens is 2. The van der Waals surface area contributed by atoms with Crippen LogP contribution in [-0.2, 0) is 11.3 Å². The number of likely N-dealkylation sites (tertiary alicyclic amines) is 1.